The molecule has 1 amide bonds. The first-order valence-corrected chi connectivity index (χ1v) is 7.53. The average molecular weight is 343 g/mol. The van der Waals surface area contributed by atoms with Crippen LogP contribution in [0.1, 0.15) is 24.8 Å². The Bertz CT molecular complexity index is 570. The molecule has 0 bridgehead atoms. The summed E-state index contributed by atoms with van der Waals surface area (Å²) in [4.78, 5) is 23.3. The minimum absolute atomic E-state index is 0.0148. The van der Waals surface area contributed by atoms with Gasteiger partial charge in [-0.2, -0.15) is 8.78 Å². The van der Waals surface area contributed by atoms with Crippen molar-refractivity contribution in [2.24, 2.45) is 0 Å². The smallest absolute Gasteiger partial charge is 0.387 e. The van der Waals surface area contributed by atoms with E-state index in [4.69, 9.17) is 9.84 Å². The number of ether oxygens (including phenoxy) is 2. The molecule has 6 nitrogen and oxygen atoms in total. The van der Waals surface area contributed by atoms with Gasteiger partial charge in [0.1, 0.15) is 5.75 Å². The number of carboxylic acid groups (broad SMARTS) is 1. The van der Waals surface area contributed by atoms with Crippen molar-refractivity contribution in [1.82, 2.24) is 5.32 Å². The fourth-order valence-corrected chi connectivity index (χ4v) is 2.71. The van der Waals surface area contributed by atoms with Crippen LogP contribution in [0.2, 0.25) is 0 Å². The van der Waals surface area contributed by atoms with Crippen molar-refractivity contribution in [2.45, 2.75) is 37.8 Å². The van der Waals surface area contributed by atoms with Crippen LogP contribution in [0.25, 0.3) is 0 Å². The van der Waals surface area contributed by atoms with Crippen molar-refractivity contribution in [3.8, 4) is 5.75 Å². The number of hydrogen-bond donors (Lipinski definition) is 2. The Labute approximate surface area is 137 Å². The second-order valence-electron chi connectivity index (χ2n) is 5.71. The third kappa shape index (κ3) is 5.45. The normalized spacial score (nSPS) is 16.6. The Morgan fingerprint density at radius 3 is 2.42 bits per heavy atom. The maximum atomic E-state index is 12.2. The lowest BCUT2D eigenvalue weighted by atomic mass is 9.86. The van der Waals surface area contributed by atoms with Crippen molar-refractivity contribution in [3.63, 3.8) is 0 Å². The van der Waals surface area contributed by atoms with Crippen LogP contribution in [0.3, 0.4) is 0 Å². The van der Waals surface area contributed by atoms with Crippen LogP contribution in [0, 0.1) is 0 Å². The van der Waals surface area contributed by atoms with Crippen LogP contribution >= 0.6 is 0 Å². The van der Waals surface area contributed by atoms with E-state index in [0.29, 0.717) is 31.6 Å². The molecule has 0 atom stereocenters. The molecule has 1 aromatic rings. The number of rotatable bonds is 7. The van der Waals surface area contributed by atoms with Crippen LogP contribution in [0.4, 0.5) is 8.78 Å². The number of aliphatic carboxylic acids is 1. The zero-order chi connectivity index (χ0) is 17.6. The van der Waals surface area contributed by atoms with E-state index in [2.05, 4.69) is 10.1 Å². The largest absolute Gasteiger partial charge is 0.481 e. The molecular formula is C16H19F2NO5. The van der Waals surface area contributed by atoms with Crippen molar-refractivity contribution < 1.29 is 33.0 Å². The first kappa shape index (κ1) is 18.1. The molecule has 1 aromatic carbocycles. The van der Waals surface area contributed by atoms with Gasteiger partial charge in [0.15, 0.2) is 0 Å². The van der Waals surface area contributed by atoms with Crippen molar-refractivity contribution in [1.29, 1.82) is 0 Å². The van der Waals surface area contributed by atoms with Gasteiger partial charge in [-0.3, -0.25) is 9.59 Å². The standard InChI is InChI=1S/C16H19F2NO5/c17-15(18)24-12-3-1-11(2-4-12)9-13(20)19-16(10-14(21)22)5-7-23-8-6-16/h1-4,15H,5-10H2,(H,19,20)(H,21,22). The minimum atomic E-state index is -2.90. The molecule has 0 saturated carbocycles. The molecule has 2 rings (SSSR count). The Balaban J connectivity index is 1.96. The summed E-state index contributed by atoms with van der Waals surface area (Å²) in [6, 6.07) is 5.75. The summed E-state index contributed by atoms with van der Waals surface area (Å²) < 4.78 is 33.7. The highest BCUT2D eigenvalue weighted by Crippen LogP contribution is 2.25. The summed E-state index contributed by atoms with van der Waals surface area (Å²) in [6.45, 7) is -2.11. The first-order valence-electron chi connectivity index (χ1n) is 7.53. The van der Waals surface area contributed by atoms with E-state index in [-0.39, 0.29) is 24.5 Å². The number of carbonyl (C=O) groups excluding carboxylic acids is 1. The van der Waals surface area contributed by atoms with Gasteiger partial charge in [-0.05, 0) is 30.5 Å². The maximum absolute atomic E-state index is 12.2. The fraction of sp³-hybridized carbons (Fsp3) is 0.500. The highest BCUT2D eigenvalue weighted by Gasteiger charge is 2.36. The highest BCUT2D eigenvalue weighted by molar-refractivity contribution is 5.80. The van der Waals surface area contributed by atoms with Gasteiger partial charge >= 0.3 is 12.6 Å². The Hall–Kier alpha value is -2.22. The van der Waals surface area contributed by atoms with Gasteiger partial charge in [-0.1, -0.05) is 12.1 Å². The number of amides is 1. The molecule has 132 valence electrons. The van der Waals surface area contributed by atoms with Crippen molar-refractivity contribution in [3.05, 3.63) is 29.8 Å². The molecule has 1 aliphatic rings. The second kappa shape index (κ2) is 8.05. The van der Waals surface area contributed by atoms with Crippen molar-refractivity contribution in [2.75, 3.05) is 13.2 Å². The average Bonchev–Trinajstić information content (AvgIpc) is 2.48. The van der Waals surface area contributed by atoms with Gasteiger partial charge < -0.3 is 19.9 Å². The summed E-state index contributed by atoms with van der Waals surface area (Å²) in [6.07, 6.45) is 0.735. The quantitative estimate of drug-likeness (QED) is 0.791. The lowest BCUT2D eigenvalue weighted by Gasteiger charge is -2.36. The number of carboxylic acids is 1. The van der Waals surface area contributed by atoms with E-state index in [1.807, 2.05) is 0 Å². The van der Waals surface area contributed by atoms with Crippen LogP contribution in [0.5, 0.6) is 5.75 Å². The third-order valence-electron chi connectivity index (χ3n) is 3.86. The van der Waals surface area contributed by atoms with E-state index in [1.165, 1.54) is 24.3 Å². The summed E-state index contributed by atoms with van der Waals surface area (Å²) >= 11 is 0. The zero-order valence-corrected chi connectivity index (χ0v) is 13.0. The monoisotopic (exact) mass is 343 g/mol. The molecule has 0 aliphatic carbocycles. The minimum Gasteiger partial charge on any atom is -0.481 e. The van der Waals surface area contributed by atoms with Crippen LogP contribution < -0.4 is 10.1 Å². The Morgan fingerprint density at radius 1 is 1.25 bits per heavy atom. The SMILES string of the molecule is O=C(O)CC1(NC(=O)Cc2ccc(OC(F)F)cc2)CCOCC1. The van der Waals surface area contributed by atoms with Gasteiger partial charge in [0.2, 0.25) is 5.91 Å². The number of carbonyl (C=O) groups is 2. The molecule has 2 N–H and O–H groups in total. The van der Waals surface area contributed by atoms with Crippen LogP contribution in [-0.4, -0.2) is 42.3 Å². The summed E-state index contributed by atoms with van der Waals surface area (Å²) in [7, 11) is 0. The Kier molecular flexibility index (Phi) is 6.08. The molecule has 0 aromatic heterocycles. The number of alkyl halides is 2. The molecular weight excluding hydrogens is 324 g/mol. The van der Waals surface area contributed by atoms with E-state index < -0.39 is 18.1 Å². The molecule has 8 heteroatoms. The molecule has 24 heavy (non-hydrogen) atoms. The lowest BCUT2D eigenvalue weighted by molar-refractivity contribution is -0.140. The van der Waals surface area contributed by atoms with E-state index in [1.54, 1.807) is 0 Å². The highest BCUT2D eigenvalue weighted by atomic mass is 19.3. The number of halogens is 2. The predicted octanol–water partition coefficient (Wildman–Crippen LogP) is 1.97. The molecule has 1 saturated heterocycles. The number of hydrogen-bond acceptors (Lipinski definition) is 4. The molecule has 1 heterocycles. The second-order valence-corrected chi connectivity index (χ2v) is 5.71. The molecule has 0 spiro atoms. The molecule has 1 fully saturated rings. The summed E-state index contributed by atoms with van der Waals surface area (Å²) in [5.41, 5.74) is -0.188. The van der Waals surface area contributed by atoms with Gasteiger partial charge in [0.25, 0.3) is 0 Å². The van der Waals surface area contributed by atoms with E-state index in [9.17, 15) is 18.4 Å². The van der Waals surface area contributed by atoms with Crippen LogP contribution in [0.15, 0.2) is 24.3 Å². The lowest BCUT2D eigenvalue weighted by Crippen LogP contribution is -2.53. The van der Waals surface area contributed by atoms with Crippen molar-refractivity contribution >= 4 is 11.9 Å². The van der Waals surface area contributed by atoms with Gasteiger partial charge in [0, 0.05) is 13.2 Å². The van der Waals surface area contributed by atoms with E-state index in [0.717, 1.165) is 0 Å². The predicted molar refractivity (Wildman–Crippen MR) is 80.0 cm³/mol. The van der Waals surface area contributed by atoms with Gasteiger partial charge in [-0.25, -0.2) is 0 Å². The molecule has 0 radical (unpaired) electrons. The summed E-state index contributed by atoms with van der Waals surface area (Å²) in [5.74, 6) is -1.28. The Morgan fingerprint density at radius 2 is 1.88 bits per heavy atom. The first-order chi connectivity index (χ1) is 11.4. The zero-order valence-electron chi connectivity index (χ0n) is 13.0. The van der Waals surface area contributed by atoms with Gasteiger partial charge in [-0.15, -0.1) is 0 Å². The molecule has 1 aliphatic heterocycles. The maximum Gasteiger partial charge on any atom is 0.387 e. The third-order valence-corrected chi connectivity index (χ3v) is 3.86. The summed E-state index contributed by atoms with van der Waals surface area (Å²) in [5, 5.41) is 11.9. The van der Waals surface area contributed by atoms with Crippen LogP contribution in [-0.2, 0) is 20.7 Å². The molecule has 0 unspecified atom stereocenters. The number of benzene rings is 1. The topological polar surface area (TPSA) is 84.9 Å². The fourth-order valence-electron chi connectivity index (χ4n) is 2.71. The van der Waals surface area contributed by atoms with E-state index >= 15 is 0 Å². The number of nitrogens with one attached hydrogen (secondary N) is 1. The van der Waals surface area contributed by atoms with Gasteiger partial charge in [0.05, 0.1) is 18.4 Å².